The van der Waals surface area contributed by atoms with E-state index >= 15 is 0 Å². The third kappa shape index (κ3) is 3.44. The van der Waals surface area contributed by atoms with Crippen LogP contribution in [0.3, 0.4) is 0 Å². The molecule has 0 aromatic carbocycles. The van der Waals surface area contributed by atoms with Crippen LogP contribution in [0.15, 0.2) is 5.51 Å². The van der Waals surface area contributed by atoms with Crippen LogP contribution in [-0.4, -0.2) is 51.5 Å². The number of aryl methyl sites for hydroxylation is 1. The Kier molecular flexibility index (Phi) is 4.04. The molecule has 0 spiro atoms. The Morgan fingerprint density at radius 3 is 2.68 bits per heavy atom. The lowest BCUT2D eigenvalue weighted by molar-refractivity contribution is -0.137. The third-order valence-electron chi connectivity index (χ3n) is 3.09. The summed E-state index contributed by atoms with van der Waals surface area (Å²) in [6.07, 6.45) is 1.79. The number of aromatic nitrogens is 1. The Hall–Kier alpha value is -1.63. The minimum atomic E-state index is -0.970. The zero-order chi connectivity index (χ0) is 14.0. The summed E-state index contributed by atoms with van der Waals surface area (Å²) < 4.78 is 0. The van der Waals surface area contributed by atoms with Crippen molar-refractivity contribution in [2.75, 3.05) is 13.6 Å². The molecule has 1 heterocycles. The molecular weight excluding hydrogens is 266 g/mol. The van der Waals surface area contributed by atoms with Crippen molar-refractivity contribution in [3.8, 4) is 0 Å². The van der Waals surface area contributed by atoms with Crippen LogP contribution in [0.5, 0.6) is 0 Å². The predicted molar refractivity (Wildman–Crippen MR) is 71.1 cm³/mol. The number of urea groups is 1. The summed E-state index contributed by atoms with van der Waals surface area (Å²) in [6.45, 7) is 2.15. The van der Waals surface area contributed by atoms with Crippen LogP contribution in [0, 0.1) is 6.92 Å². The smallest absolute Gasteiger partial charge is 0.323 e. The minimum absolute atomic E-state index is 0.0913. The van der Waals surface area contributed by atoms with Crippen LogP contribution in [-0.2, 0) is 11.3 Å². The van der Waals surface area contributed by atoms with Crippen molar-refractivity contribution < 1.29 is 14.7 Å². The van der Waals surface area contributed by atoms with Crippen molar-refractivity contribution in [1.29, 1.82) is 0 Å². The van der Waals surface area contributed by atoms with Crippen molar-refractivity contribution in [2.45, 2.75) is 32.4 Å². The summed E-state index contributed by atoms with van der Waals surface area (Å²) >= 11 is 1.51. The fourth-order valence-electron chi connectivity index (χ4n) is 1.87. The molecule has 2 rings (SSSR count). The summed E-state index contributed by atoms with van der Waals surface area (Å²) in [5, 5.41) is 8.87. The molecule has 0 atom stereocenters. The number of thiazole rings is 1. The monoisotopic (exact) mass is 283 g/mol. The van der Waals surface area contributed by atoms with Crippen molar-refractivity contribution in [3.63, 3.8) is 0 Å². The number of carbonyl (C=O) groups excluding carboxylic acids is 1. The van der Waals surface area contributed by atoms with Crippen molar-refractivity contribution in [1.82, 2.24) is 14.8 Å². The number of hydrogen-bond donors (Lipinski definition) is 1. The molecule has 0 unspecified atom stereocenters. The van der Waals surface area contributed by atoms with E-state index in [4.69, 9.17) is 5.11 Å². The van der Waals surface area contributed by atoms with Crippen LogP contribution in [0.25, 0.3) is 0 Å². The van der Waals surface area contributed by atoms with E-state index in [0.717, 1.165) is 23.4 Å². The number of carboxylic acids is 1. The van der Waals surface area contributed by atoms with E-state index in [9.17, 15) is 9.59 Å². The Morgan fingerprint density at radius 1 is 1.53 bits per heavy atom. The normalized spacial score (nSPS) is 14.2. The first kappa shape index (κ1) is 13.8. The van der Waals surface area contributed by atoms with E-state index in [2.05, 4.69) is 4.98 Å². The van der Waals surface area contributed by atoms with Gasteiger partial charge in [0.15, 0.2) is 0 Å². The Balaban J connectivity index is 2.00. The first-order valence-electron chi connectivity index (χ1n) is 6.11. The molecule has 0 radical (unpaired) electrons. The van der Waals surface area contributed by atoms with E-state index in [-0.39, 0.29) is 18.6 Å². The van der Waals surface area contributed by atoms with Crippen LogP contribution in [0.2, 0.25) is 0 Å². The molecule has 2 amide bonds. The standard InChI is InChI=1S/C12H17N3O3S/c1-8-10(19-7-13-8)5-14(2)12(18)15(6-11(16)17)9-3-4-9/h7,9H,3-6H2,1-2H3,(H,16,17). The molecule has 6 nitrogen and oxygen atoms in total. The second kappa shape index (κ2) is 5.56. The molecule has 19 heavy (non-hydrogen) atoms. The van der Waals surface area contributed by atoms with Gasteiger partial charge in [-0.15, -0.1) is 11.3 Å². The van der Waals surface area contributed by atoms with E-state index in [1.165, 1.54) is 16.2 Å². The summed E-state index contributed by atoms with van der Waals surface area (Å²) in [6, 6.07) is -0.133. The molecule has 1 aliphatic rings. The Labute approximate surface area is 115 Å². The van der Waals surface area contributed by atoms with Gasteiger partial charge in [-0.05, 0) is 19.8 Å². The molecule has 1 aromatic heterocycles. The van der Waals surface area contributed by atoms with E-state index in [1.54, 1.807) is 17.5 Å². The summed E-state index contributed by atoms with van der Waals surface area (Å²) in [4.78, 5) is 31.3. The third-order valence-corrected chi connectivity index (χ3v) is 4.01. The van der Waals surface area contributed by atoms with Gasteiger partial charge in [0.05, 0.1) is 17.7 Å². The van der Waals surface area contributed by atoms with Crippen LogP contribution in [0.4, 0.5) is 4.79 Å². The molecule has 0 bridgehead atoms. The Bertz CT molecular complexity index is 484. The molecular formula is C12H17N3O3S. The molecule has 0 aliphatic heterocycles. The van der Waals surface area contributed by atoms with E-state index < -0.39 is 5.97 Å². The van der Waals surface area contributed by atoms with Crippen molar-refractivity contribution >= 4 is 23.3 Å². The van der Waals surface area contributed by atoms with E-state index in [0.29, 0.717) is 6.54 Å². The lowest BCUT2D eigenvalue weighted by Gasteiger charge is -2.26. The summed E-state index contributed by atoms with van der Waals surface area (Å²) in [7, 11) is 1.69. The molecule has 1 saturated carbocycles. The Morgan fingerprint density at radius 2 is 2.21 bits per heavy atom. The maximum atomic E-state index is 12.3. The summed E-state index contributed by atoms with van der Waals surface area (Å²) in [5.41, 5.74) is 2.67. The van der Waals surface area contributed by atoms with Gasteiger partial charge >= 0.3 is 12.0 Å². The highest BCUT2D eigenvalue weighted by atomic mass is 32.1. The fraction of sp³-hybridized carbons (Fsp3) is 0.583. The molecule has 104 valence electrons. The van der Waals surface area contributed by atoms with Gasteiger partial charge in [0, 0.05) is 18.0 Å². The largest absolute Gasteiger partial charge is 0.480 e. The lowest BCUT2D eigenvalue weighted by Crippen LogP contribution is -2.44. The fourth-order valence-corrected chi connectivity index (χ4v) is 2.69. The summed E-state index contributed by atoms with van der Waals surface area (Å²) in [5.74, 6) is -0.970. The average Bonchev–Trinajstić information content (AvgIpc) is 3.11. The number of aliphatic carboxylic acids is 1. The molecule has 1 fully saturated rings. The topological polar surface area (TPSA) is 73.7 Å². The number of carboxylic acid groups (broad SMARTS) is 1. The maximum Gasteiger partial charge on any atom is 0.323 e. The van der Waals surface area contributed by atoms with Crippen LogP contribution >= 0.6 is 11.3 Å². The number of rotatable bonds is 5. The van der Waals surface area contributed by atoms with Crippen LogP contribution in [0.1, 0.15) is 23.4 Å². The highest BCUT2D eigenvalue weighted by Crippen LogP contribution is 2.28. The van der Waals surface area contributed by atoms with Gasteiger partial charge in [0.1, 0.15) is 6.54 Å². The average molecular weight is 283 g/mol. The zero-order valence-electron chi connectivity index (χ0n) is 11.0. The predicted octanol–water partition coefficient (Wildman–Crippen LogP) is 1.55. The second-order valence-corrected chi connectivity index (χ2v) is 5.69. The first-order valence-corrected chi connectivity index (χ1v) is 6.99. The molecule has 0 saturated heterocycles. The minimum Gasteiger partial charge on any atom is -0.480 e. The van der Waals surface area contributed by atoms with Gasteiger partial charge < -0.3 is 14.9 Å². The molecule has 1 aromatic rings. The van der Waals surface area contributed by atoms with Gasteiger partial charge in [-0.1, -0.05) is 0 Å². The van der Waals surface area contributed by atoms with Crippen molar-refractivity contribution in [2.24, 2.45) is 0 Å². The van der Waals surface area contributed by atoms with E-state index in [1.807, 2.05) is 6.92 Å². The number of hydrogen-bond acceptors (Lipinski definition) is 4. The zero-order valence-corrected chi connectivity index (χ0v) is 11.8. The van der Waals surface area contributed by atoms with Gasteiger partial charge in [-0.3, -0.25) is 4.79 Å². The van der Waals surface area contributed by atoms with Crippen LogP contribution < -0.4 is 0 Å². The number of carbonyl (C=O) groups is 2. The first-order chi connectivity index (χ1) is 8.99. The van der Waals surface area contributed by atoms with Gasteiger partial charge in [-0.25, -0.2) is 9.78 Å². The molecule has 1 N–H and O–H groups in total. The van der Waals surface area contributed by atoms with Gasteiger partial charge in [0.2, 0.25) is 0 Å². The van der Waals surface area contributed by atoms with Gasteiger partial charge in [-0.2, -0.15) is 0 Å². The lowest BCUT2D eigenvalue weighted by atomic mass is 10.3. The number of nitrogens with zero attached hydrogens (tertiary/aromatic N) is 3. The molecule has 1 aliphatic carbocycles. The highest BCUT2D eigenvalue weighted by molar-refractivity contribution is 7.09. The SMILES string of the molecule is Cc1ncsc1CN(C)C(=O)N(CC(=O)O)C1CC1. The number of amides is 2. The second-order valence-electron chi connectivity index (χ2n) is 4.75. The van der Waals surface area contributed by atoms with Crippen molar-refractivity contribution in [3.05, 3.63) is 16.1 Å². The highest BCUT2D eigenvalue weighted by Gasteiger charge is 2.35. The quantitative estimate of drug-likeness (QED) is 0.889. The maximum absolute atomic E-state index is 12.3. The molecule has 7 heteroatoms. The van der Waals surface area contributed by atoms with Gasteiger partial charge in [0.25, 0.3) is 0 Å².